The number of rotatable bonds is 4. The Balaban J connectivity index is 1.67. The minimum absolute atomic E-state index is 0.151. The van der Waals surface area contributed by atoms with Crippen molar-refractivity contribution < 1.29 is 19.4 Å². The Hall–Kier alpha value is -3.04. The fraction of sp³-hybridized carbons (Fsp3) is 0.429. The van der Waals surface area contributed by atoms with Crippen molar-refractivity contribution in [3.8, 4) is 11.4 Å². The molecule has 5 heterocycles. The van der Waals surface area contributed by atoms with Crippen LogP contribution in [0.4, 0.5) is 5.82 Å². The molecule has 156 valence electrons. The predicted molar refractivity (Wildman–Crippen MR) is 110 cm³/mol. The number of aromatic nitrogens is 4. The molecule has 0 spiro atoms. The Morgan fingerprint density at radius 1 is 1.13 bits per heavy atom. The van der Waals surface area contributed by atoms with Crippen LogP contribution in [0.1, 0.15) is 35.8 Å². The number of pyridine rings is 2. The third-order valence-electron chi connectivity index (χ3n) is 5.62. The van der Waals surface area contributed by atoms with Crippen LogP contribution in [-0.2, 0) is 9.47 Å². The van der Waals surface area contributed by atoms with E-state index < -0.39 is 5.97 Å². The normalized spacial score (nSPS) is 19.9. The second kappa shape index (κ2) is 8.00. The van der Waals surface area contributed by atoms with Crippen LogP contribution in [-0.4, -0.2) is 63.7 Å². The zero-order valence-corrected chi connectivity index (χ0v) is 16.5. The predicted octanol–water partition coefficient (Wildman–Crippen LogP) is 2.73. The molecule has 3 aromatic rings. The van der Waals surface area contributed by atoms with Crippen molar-refractivity contribution in [1.29, 1.82) is 0 Å². The summed E-state index contributed by atoms with van der Waals surface area (Å²) in [5, 5.41) is 14.9. The number of ether oxygens (including phenoxy) is 2. The average Bonchev–Trinajstić information content (AvgIpc) is 3.29. The zero-order valence-electron chi connectivity index (χ0n) is 16.5. The molecule has 1 N–H and O–H groups in total. The summed E-state index contributed by atoms with van der Waals surface area (Å²) < 4.78 is 13.2. The van der Waals surface area contributed by atoms with Gasteiger partial charge in [-0.1, -0.05) is 0 Å². The highest BCUT2D eigenvalue weighted by Gasteiger charge is 2.24. The molecule has 0 radical (unpaired) electrons. The Bertz CT molecular complexity index is 1070. The van der Waals surface area contributed by atoms with Crippen LogP contribution in [0.2, 0.25) is 0 Å². The van der Waals surface area contributed by atoms with E-state index in [4.69, 9.17) is 14.5 Å². The maximum Gasteiger partial charge on any atom is 0.336 e. The fourth-order valence-corrected chi connectivity index (χ4v) is 4.10. The van der Waals surface area contributed by atoms with Gasteiger partial charge in [0.05, 0.1) is 24.5 Å². The lowest BCUT2D eigenvalue weighted by atomic mass is 10.1. The summed E-state index contributed by atoms with van der Waals surface area (Å²) in [6.07, 6.45) is 6.20. The molecule has 3 aromatic heterocycles. The highest BCUT2D eigenvalue weighted by Crippen LogP contribution is 2.33. The van der Waals surface area contributed by atoms with E-state index in [1.165, 1.54) is 0 Å². The second-order valence-corrected chi connectivity index (χ2v) is 7.47. The van der Waals surface area contributed by atoms with Crippen LogP contribution in [0, 0.1) is 0 Å². The van der Waals surface area contributed by atoms with Gasteiger partial charge in [0.1, 0.15) is 17.0 Å². The van der Waals surface area contributed by atoms with Gasteiger partial charge in [-0.3, -0.25) is 4.98 Å². The van der Waals surface area contributed by atoms with E-state index in [2.05, 4.69) is 10.1 Å². The Morgan fingerprint density at radius 2 is 2.00 bits per heavy atom. The molecule has 0 bridgehead atoms. The molecule has 0 saturated carbocycles. The Morgan fingerprint density at radius 3 is 2.77 bits per heavy atom. The summed E-state index contributed by atoms with van der Waals surface area (Å²) in [7, 11) is 0. The zero-order chi connectivity index (χ0) is 20.5. The molecule has 2 aliphatic rings. The number of carboxylic acids is 1. The fourth-order valence-electron chi connectivity index (χ4n) is 4.10. The van der Waals surface area contributed by atoms with Crippen LogP contribution >= 0.6 is 0 Å². The third-order valence-corrected chi connectivity index (χ3v) is 5.62. The third kappa shape index (κ3) is 3.40. The van der Waals surface area contributed by atoms with Crippen molar-refractivity contribution in [2.75, 3.05) is 37.8 Å². The van der Waals surface area contributed by atoms with E-state index in [1.807, 2.05) is 15.6 Å². The van der Waals surface area contributed by atoms with Gasteiger partial charge in [-0.05, 0) is 37.5 Å². The van der Waals surface area contributed by atoms with Gasteiger partial charge >= 0.3 is 5.97 Å². The smallest absolute Gasteiger partial charge is 0.336 e. The van der Waals surface area contributed by atoms with Crippen molar-refractivity contribution >= 4 is 22.7 Å². The first-order valence-electron chi connectivity index (χ1n) is 10.2. The molecular formula is C21H23N5O4. The molecule has 0 amide bonds. The summed E-state index contributed by atoms with van der Waals surface area (Å²) in [5.74, 6) is -0.365. The Kier molecular flexibility index (Phi) is 5.06. The van der Waals surface area contributed by atoms with E-state index in [1.54, 1.807) is 24.5 Å². The molecule has 2 saturated heterocycles. The molecule has 9 nitrogen and oxygen atoms in total. The van der Waals surface area contributed by atoms with Gasteiger partial charge in [0, 0.05) is 37.5 Å². The number of morpholine rings is 1. The molecule has 30 heavy (non-hydrogen) atoms. The maximum absolute atomic E-state index is 12.0. The van der Waals surface area contributed by atoms with Crippen LogP contribution in [0.3, 0.4) is 0 Å². The summed E-state index contributed by atoms with van der Waals surface area (Å²) in [6.45, 7) is 3.22. The number of hydrogen-bond acceptors (Lipinski definition) is 7. The highest BCUT2D eigenvalue weighted by molar-refractivity contribution is 6.06. The van der Waals surface area contributed by atoms with Gasteiger partial charge in [0.15, 0.2) is 6.23 Å². The van der Waals surface area contributed by atoms with Gasteiger partial charge in [-0.25, -0.2) is 14.5 Å². The van der Waals surface area contributed by atoms with Crippen LogP contribution in [0.25, 0.3) is 22.3 Å². The van der Waals surface area contributed by atoms with Gasteiger partial charge < -0.3 is 19.5 Å². The molecule has 1 unspecified atom stereocenters. The summed E-state index contributed by atoms with van der Waals surface area (Å²) in [4.78, 5) is 23.5. The molecule has 9 heteroatoms. The standard InChI is InChI=1S/C21H23N5O4/c27-21(28)15-13-17(25-8-11-29-12-9-25)24-19-14(15)4-6-22-20(19)16-5-7-23-26(16)18-3-1-2-10-30-18/h4-7,13,18H,1-3,8-12H2,(H,27,28). The minimum Gasteiger partial charge on any atom is -0.478 e. The summed E-state index contributed by atoms with van der Waals surface area (Å²) in [6, 6.07) is 5.22. The SMILES string of the molecule is O=C(O)c1cc(N2CCOCC2)nc2c(-c3ccnn3C3CCCCO3)nccc12. The van der Waals surface area contributed by atoms with Crippen molar-refractivity contribution in [1.82, 2.24) is 19.7 Å². The van der Waals surface area contributed by atoms with Crippen molar-refractivity contribution in [2.45, 2.75) is 25.5 Å². The molecule has 5 rings (SSSR count). The van der Waals surface area contributed by atoms with Crippen molar-refractivity contribution in [2.24, 2.45) is 0 Å². The van der Waals surface area contributed by atoms with Crippen LogP contribution in [0.15, 0.2) is 30.6 Å². The van der Waals surface area contributed by atoms with E-state index in [9.17, 15) is 9.90 Å². The van der Waals surface area contributed by atoms with Gasteiger partial charge in [0.2, 0.25) is 0 Å². The second-order valence-electron chi connectivity index (χ2n) is 7.47. The number of aromatic carboxylic acids is 1. The first-order valence-corrected chi connectivity index (χ1v) is 10.2. The van der Waals surface area contributed by atoms with Crippen molar-refractivity contribution in [3.05, 3.63) is 36.2 Å². The number of fused-ring (bicyclic) bond motifs is 1. The first kappa shape index (κ1) is 19.0. The monoisotopic (exact) mass is 409 g/mol. The first-order chi connectivity index (χ1) is 14.7. The van der Waals surface area contributed by atoms with Gasteiger partial charge in [-0.15, -0.1) is 0 Å². The number of carbonyl (C=O) groups is 1. The number of carboxylic acid groups (broad SMARTS) is 1. The molecule has 0 aliphatic carbocycles. The topological polar surface area (TPSA) is 103 Å². The maximum atomic E-state index is 12.0. The van der Waals surface area contributed by atoms with E-state index in [-0.39, 0.29) is 11.8 Å². The Labute approximate surface area is 173 Å². The van der Waals surface area contributed by atoms with E-state index in [0.29, 0.717) is 55.3 Å². The number of nitrogens with zero attached hydrogens (tertiary/aromatic N) is 5. The molecule has 1 atom stereocenters. The van der Waals surface area contributed by atoms with E-state index >= 15 is 0 Å². The number of hydrogen-bond donors (Lipinski definition) is 1. The molecule has 2 aliphatic heterocycles. The lowest BCUT2D eigenvalue weighted by molar-refractivity contribution is -0.0383. The minimum atomic E-state index is -0.988. The lowest BCUT2D eigenvalue weighted by Gasteiger charge is -2.28. The van der Waals surface area contributed by atoms with E-state index in [0.717, 1.165) is 25.0 Å². The molecule has 0 aromatic carbocycles. The van der Waals surface area contributed by atoms with Crippen molar-refractivity contribution in [3.63, 3.8) is 0 Å². The largest absolute Gasteiger partial charge is 0.478 e. The number of anilines is 1. The van der Waals surface area contributed by atoms with Crippen LogP contribution in [0.5, 0.6) is 0 Å². The molecule has 2 fully saturated rings. The summed E-state index contributed by atoms with van der Waals surface area (Å²) in [5.41, 5.74) is 2.15. The molecular weight excluding hydrogens is 386 g/mol. The van der Waals surface area contributed by atoms with Gasteiger partial charge in [-0.2, -0.15) is 5.10 Å². The average molecular weight is 409 g/mol. The van der Waals surface area contributed by atoms with Crippen LogP contribution < -0.4 is 4.90 Å². The highest BCUT2D eigenvalue weighted by atomic mass is 16.5. The van der Waals surface area contributed by atoms with Gasteiger partial charge in [0.25, 0.3) is 0 Å². The lowest BCUT2D eigenvalue weighted by Crippen LogP contribution is -2.36. The quantitative estimate of drug-likeness (QED) is 0.702. The summed E-state index contributed by atoms with van der Waals surface area (Å²) >= 11 is 0.